The molecule has 0 atom stereocenters. The third-order valence-corrected chi connectivity index (χ3v) is 3.32. The van der Waals surface area contributed by atoms with Gasteiger partial charge in [0.2, 0.25) is 10.0 Å². The quantitative estimate of drug-likeness (QED) is 0.796. The number of nitrogens with zero attached hydrogens (tertiary/aromatic N) is 1. The molecule has 0 aromatic carbocycles. The Morgan fingerprint density at radius 2 is 2.00 bits per heavy atom. The SMILES string of the molecule is Nc1cc(C(F)F)nc(Br)c1S(N)(=O)=O. The van der Waals surface area contributed by atoms with Crippen LogP contribution in [0.1, 0.15) is 12.1 Å². The summed E-state index contributed by atoms with van der Waals surface area (Å²) in [7, 11) is -4.09. The molecule has 1 heterocycles. The number of hydrogen-bond acceptors (Lipinski definition) is 4. The van der Waals surface area contributed by atoms with Crippen molar-refractivity contribution in [3.63, 3.8) is 0 Å². The molecule has 5 nitrogen and oxygen atoms in total. The van der Waals surface area contributed by atoms with Crippen LogP contribution < -0.4 is 10.9 Å². The minimum Gasteiger partial charge on any atom is -0.397 e. The highest BCUT2D eigenvalue weighted by atomic mass is 79.9. The van der Waals surface area contributed by atoms with Gasteiger partial charge in [0.15, 0.2) is 0 Å². The molecule has 0 aliphatic carbocycles. The summed E-state index contributed by atoms with van der Waals surface area (Å²) in [6, 6.07) is 0.773. The predicted molar refractivity (Wildman–Crippen MR) is 52.7 cm³/mol. The Morgan fingerprint density at radius 3 is 2.33 bits per heavy atom. The fourth-order valence-electron chi connectivity index (χ4n) is 0.934. The lowest BCUT2D eigenvalue weighted by Crippen LogP contribution is -2.16. The molecule has 1 aromatic rings. The van der Waals surface area contributed by atoms with Crippen LogP contribution in [-0.2, 0) is 10.0 Å². The Kier molecular flexibility index (Phi) is 3.26. The molecule has 9 heteroatoms. The summed E-state index contributed by atoms with van der Waals surface area (Å²) >= 11 is 2.72. The topological polar surface area (TPSA) is 99.1 Å². The first-order valence-electron chi connectivity index (χ1n) is 3.50. The lowest BCUT2D eigenvalue weighted by molar-refractivity contribution is 0.146. The van der Waals surface area contributed by atoms with Crippen molar-refractivity contribution >= 4 is 31.6 Å². The molecule has 1 aromatic heterocycles. The van der Waals surface area contributed by atoms with Gasteiger partial charge >= 0.3 is 0 Å². The van der Waals surface area contributed by atoms with Crippen molar-refractivity contribution < 1.29 is 17.2 Å². The first kappa shape index (κ1) is 12.3. The van der Waals surface area contributed by atoms with Crippen LogP contribution in [0.5, 0.6) is 0 Å². The zero-order valence-electron chi connectivity index (χ0n) is 7.12. The first-order valence-corrected chi connectivity index (χ1v) is 5.84. The van der Waals surface area contributed by atoms with Crippen molar-refractivity contribution in [2.24, 2.45) is 5.14 Å². The molecule has 1 rings (SSSR count). The maximum absolute atomic E-state index is 12.2. The smallest absolute Gasteiger partial charge is 0.280 e. The maximum Gasteiger partial charge on any atom is 0.280 e. The van der Waals surface area contributed by atoms with E-state index in [9.17, 15) is 17.2 Å². The van der Waals surface area contributed by atoms with Gasteiger partial charge in [-0.15, -0.1) is 0 Å². The Balaban J connectivity index is 3.48. The van der Waals surface area contributed by atoms with Gasteiger partial charge in [0.05, 0.1) is 5.69 Å². The van der Waals surface area contributed by atoms with Gasteiger partial charge in [-0.2, -0.15) is 0 Å². The molecule has 0 spiro atoms. The monoisotopic (exact) mass is 301 g/mol. The summed E-state index contributed by atoms with van der Waals surface area (Å²) in [6.07, 6.45) is -2.84. The Hall–Kier alpha value is -0.800. The predicted octanol–water partition coefficient (Wildman–Crippen LogP) is 1.01. The van der Waals surface area contributed by atoms with Crippen molar-refractivity contribution in [2.75, 3.05) is 5.73 Å². The summed E-state index contributed by atoms with van der Waals surface area (Å²) in [5.74, 6) is 0. The number of alkyl halides is 2. The maximum atomic E-state index is 12.2. The van der Waals surface area contributed by atoms with Crippen molar-refractivity contribution in [1.82, 2.24) is 4.98 Å². The van der Waals surface area contributed by atoms with E-state index in [0.29, 0.717) is 0 Å². The summed E-state index contributed by atoms with van der Waals surface area (Å²) in [4.78, 5) is 2.83. The van der Waals surface area contributed by atoms with Gasteiger partial charge in [-0.05, 0) is 22.0 Å². The van der Waals surface area contributed by atoms with E-state index in [1.807, 2.05) is 0 Å². The lowest BCUT2D eigenvalue weighted by atomic mass is 10.3. The molecule has 15 heavy (non-hydrogen) atoms. The third kappa shape index (κ3) is 2.61. The van der Waals surface area contributed by atoms with E-state index in [1.54, 1.807) is 0 Å². The number of hydrogen-bond donors (Lipinski definition) is 2. The number of aromatic nitrogens is 1. The number of sulfonamides is 1. The fraction of sp³-hybridized carbons (Fsp3) is 0.167. The van der Waals surface area contributed by atoms with E-state index in [-0.39, 0.29) is 10.3 Å². The first-order chi connectivity index (χ1) is 6.73. The standard InChI is InChI=1S/C6H6BrF2N3O2S/c7-5-4(15(11,13)14)2(10)1-3(12-5)6(8)9/h1,6H,(H2,10,12)(H2,11,13,14). The average Bonchev–Trinajstić information content (AvgIpc) is 1.99. The molecule has 4 N–H and O–H groups in total. The van der Waals surface area contributed by atoms with Crippen LogP contribution in [0.15, 0.2) is 15.6 Å². The second kappa shape index (κ2) is 3.99. The molecular weight excluding hydrogens is 296 g/mol. The van der Waals surface area contributed by atoms with Crippen LogP contribution in [0, 0.1) is 0 Å². The highest BCUT2D eigenvalue weighted by molar-refractivity contribution is 9.10. The van der Waals surface area contributed by atoms with E-state index < -0.39 is 27.0 Å². The average molecular weight is 302 g/mol. The molecule has 0 saturated carbocycles. The number of pyridine rings is 1. The molecule has 0 aliphatic rings. The number of nitrogens with two attached hydrogens (primary N) is 2. The van der Waals surface area contributed by atoms with Crippen LogP contribution in [0.25, 0.3) is 0 Å². The highest BCUT2D eigenvalue weighted by Gasteiger charge is 2.21. The second-order valence-electron chi connectivity index (χ2n) is 2.60. The molecule has 0 saturated heterocycles. The van der Waals surface area contributed by atoms with Gasteiger partial charge < -0.3 is 5.73 Å². The van der Waals surface area contributed by atoms with Crippen molar-refractivity contribution in [2.45, 2.75) is 11.3 Å². The van der Waals surface area contributed by atoms with Gasteiger partial charge in [-0.3, -0.25) is 0 Å². The minimum absolute atomic E-state index is 0.319. The number of rotatable bonds is 2. The van der Waals surface area contributed by atoms with E-state index in [2.05, 4.69) is 20.9 Å². The van der Waals surface area contributed by atoms with Crippen LogP contribution in [0.4, 0.5) is 14.5 Å². The molecule has 84 valence electrons. The lowest BCUT2D eigenvalue weighted by Gasteiger charge is -2.07. The van der Waals surface area contributed by atoms with Crippen molar-refractivity contribution in [1.29, 1.82) is 0 Å². The largest absolute Gasteiger partial charge is 0.397 e. The van der Waals surface area contributed by atoms with E-state index in [0.717, 1.165) is 6.07 Å². The Morgan fingerprint density at radius 1 is 1.47 bits per heavy atom. The van der Waals surface area contributed by atoms with E-state index in [1.165, 1.54) is 0 Å². The van der Waals surface area contributed by atoms with Crippen LogP contribution in [0.3, 0.4) is 0 Å². The molecular formula is C6H6BrF2N3O2S. The summed E-state index contributed by atoms with van der Waals surface area (Å²) in [6.45, 7) is 0. The minimum atomic E-state index is -4.09. The summed E-state index contributed by atoms with van der Waals surface area (Å²) in [5.41, 5.74) is 4.30. The molecule has 0 aliphatic heterocycles. The van der Waals surface area contributed by atoms with Gasteiger partial charge in [-0.1, -0.05) is 0 Å². The third-order valence-electron chi connectivity index (χ3n) is 1.49. The van der Waals surface area contributed by atoms with Crippen LogP contribution >= 0.6 is 15.9 Å². The van der Waals surface area contributed by atoms with Gasteiger partial charge in [0, 0.05) is 0 Å². The van der Waals surface area contributed by atoms with Gasteiger partial charge in [-0.25, -0.2) is 27.3 Å². The van der Waals surface area contributed by atoms with Crippen LogP contribution in [-0.4, -0.2) is 13.4 Å². The zero-order chi connectivity index (χ0) is 11.8. The molecule has 0 radical (unpaired) electrons. The van der Waals surface area contributed by atoms with Crippen molar-refractivity contribution in [3.05, 3.63) is 16.4 Å². The highest BCUT2D eigenvalue weighted by Crippen LogP contribution is 2.29. The van der Waals surface area contributed by atoms with Crippen molar-refractivity contribution in [3.8, 4) is 0 Å². The second-order valence-corrected chi connectivity index (χ2v) is 4.85. The molecule has 0 unspecified atom stereocenters. The molecule has 0 bridgehead atoms. The van der Waals surface area contributed by atoms with Crippen LogP contribution in [0.2, 0.25) is 0 Å². The Labute approximate surface area is 92.7 Å². The van der Waals surface area contributed by atoms with Gasteiger partial charge in [0.1, 0.15) is 15.2 Å². The zero-order valence-corrected chi connectivity index (χ0v) is 9.52. The van der Waals surface area contributed by atoms with E-state index in [4.69, 9.17) is 10.9 Å². The molecule has 0 fully saturated rings. The number of halogens is 3. The van der Waals surface area contributed by atoms with E-state index >= 15 is 0 Å². The number of primary sulfonamides is 1. The summed E-state index contributed by atoms with van der Waals surface area (Å²) in [5, 5.41) is 4.82. The van der Waals surface area contributed by atoms with Gasteiger partial charge in [0.25, 0.3) is 6.43 Å². The molecule has 0 amide bonds. The normalized spacial score (nSPS) is 12.1. The number of nitrogen functional groups attached to an aromatic ring is 1. The fourth-order valence-corrected chi connectivity index (χ4v) is 2.71. The number of anilines is 1. The Bertz CT molecular complexity index is 468. The summed E-state index contributed by atoms with van der Waals surface area (Å²) < 4.78 is 46.1.